The summed E-state index contributed by atoms with van der Waals surface area (Å²) in [7, 11) is -2.61. The van der Waals surface area contributed by atoms with Crippen LogP contribution in [0.4, 0.5) is 4.39 Å². The van der Waals surface area contributed by atoms with Crippen LogP contribution in [0.5, 0.6) is 5.88 Å². The van der Waals surface area contributed by atoms with Gasteiger partial charge in [-0.3, -0.25) is 23.0 Å². The number of imidazole rings is 1. The number of pyridine rings is 1. The quantitative estimate of drug-likeness (QED) is 0.348. The van der Waals surface area contributed by atoms with Crippen molar-refractivity contribution < 1.29 is 28.1 Å². The lowest BCUT2D eigenvalue weighted by molar-refractivity contribution is 0.0307. The molecule has 1 amide bonds. The molecule has 1 saturated heterocycles. The second-order valence-corrected chi connectivity index (χ2v) is 13.1. The molecule has 1 aliphatic heterocycles. The fourth-order valence-corrected chi connectivity index (χ4v) is 6.33. The molecular weight excluding hydrogens is 515 g/mol. The number of aromatic nitrogens is 3. The minimum Gasteiger partial charge on any atom is -0.478 e. The molecule has 0 radical (unpaired) electrons. The monoisotopic (exact) mass is 550 g/mol. The molecule has 1 atom stereocenters. The zero-order valence-corrected chi connectivity index (χ0v) is 23.0. The summed E-state index contributed by atoms with van der Waals surface area (Å²) in [5, 5.41) is 13.8. The lowest BCUT2D eigenvalue weighted by Crippen LogP contribution is -2.50. The largest absolute Gasteiger partial charge is 0.478 e. The third-order valence-electron chi connectivity index (χ3n) is 7.27. The van der Waals surface area contributed by atoms with Gasteiger partial charge in [0.25, 0.3) is 5.91 Å². The number of hydrogen-bond acceptors (Lipinski definition) is 7. The van der Waals surface area contributed by atoms with E-state index < -0.39 is 39.3 Å². The summed E-state index contributed by atoms with van der Waals surface area (Å²) in [5.41, 5.74) is -1.63. The number of aliphatic hydroxyl groups is 1. The Kier molecular flexibility index (Phi) is 7.38. The Bertz CT molecular complexity index is 1420. The Morgan fingerprint density at radius 2 is 1.92 bits per heavy atom. The van der Waals surface area contributed by atoms with Gasteiger partial charge in [0, 0.05) is 28.7 Å². The molecule has 4 N–H and O–H groups in total. The molecule has 208 valence electrons. The molecule has 1 aliphatic rings. The molecule has 38 heavy (non-hydrogen) atoms. The highest BCUT2D eigenvalue weighted by Gasteiger charge is 2.35. The molecule has 12 heteroatoms. The van der Waals surface area contributed by atoms with Gasteiger partial charge in [-0.25, -0.2) is 14.2 Å². The maximum atomic E-state index is 15.0. The summed E-state index contributed by atoms with van der Waals surface area (Å²) in [5.74, 6) is -0.529. The van der Waals surface area contributed by atoms with Crippen molar-refractivity contribution in [3.63, 3.8) is 0 Å². The van der Waals surface area contributed by atoms with Gasteiger partial charge in [-0.15, -0.1) is 0 Å². The summed E-state index contributed by atoms with van der Waals surface area (Å²) >= 11 is 0. The lowest BCUT2D eigenvalue weighted by atomic mass is 9.94. The van der Waals surface area contributed by atoms with Crippen LogP contribution in [0, 0.1) is 5.82 Å². The first-order valence-corrected chi connectivity index (χ1v) is 14.4. The van der Waals surface area contributed by atoms with Crippen LogP contribution in [-0.2, 0) is 0 Å². The van der Waals surface area contributed by atoms with Crippen molar-refractivity contribution in [2.45, 2.75) is 64.6 Å². The van der Waals surface area contributed by atoms with E-state index in [0.717, 1.165) is 6.20 Å². The first-order valence-electron chi connectivity index (χ1n) is 12.5. The van der Waals surface area contributed by atoms with Gasteiger partial charge in [0.05, 0.1) is 41.2 Å². The third kappa shape index (κ3) is 5.44. The smallest absolute Gasteiger partial charge is 0.334 e. The van der Waals surface area contributed by atoms with E-state index in [1.54, 1.807) is 45.9 Å². The van der Waals surface area contributed by atoms with Gasteiger partial charge in [-0.05, 0) is 65.7 Å². The first-order chi connectivity index (χ1) is 17.7. The molecule has 1 unspecified atom stereocenters. The number of rotatable bonds is 7. The zero-order chi connectivity index (χ0) is 28.0. The van der Waals surface area contributed by atoms with E-state index in [9.17, 15) is 28.2 Å². The molecule has 3 heterocycles. The minimum absolute atomic E-state index is 0.0638. The second-order valence-electron chi connectivity index (χ2n) is 10.7. The molecule has 0 bridgehead atoms. The highest BCUT2D eigenvalue weighted by molar-refractivity contribution is 8.24. The SMILES string of the molecule is CCOc1cc(-n2c(=O)n(C(C)C(C)(C)O)c3cc(C(=O)NC4(C)CCS(O)(O)CC4)ccc32)c(F)cn1. The molecule has 2 aromatic heterocycles. The molecule has 4 rings (SSSR count). The van der Waals surface area contributed by atoms with E-state index in [-0.39, 0.29) is 34.5 Å². The van der Waals surface area contributed by atoms with Gasteiger partial charge in [0.1, 0.15) is 0 Å². The number of ether oxygens (including phenoxy) is 1. The number of amides is 1. The van der Waals surface area contributed by atoms with Crippen LogP contribution in [0.1, 0.15) is 63.9 Å². The van der Waals surface area contributed by atoms with Crippen molar-refractivity contribution in [2.24, 2.45) is 0 Å². The second kappa shape index (κ2) is 9.99. The number of benzene rings is 1. The molecule has 0 spiro atoms. The van der Waals surface area contributed by atoms with Crippen LogP contribution in [-0.4, -0.2) is 63.5 Å². The van der Waals surface area contributed by atoms with Crippen LogP contribution in [0.2, 0.25) is 0 Å². The van der Waals surface area contributed by atoms with E-state index in [0.29, 0.717) is 30.5 Å². The van der Waals surface area contributed by atoms with Crippen molar-refractivity contribution in [3.8, 4) is 11.6 Å². The average Bonchev–Trinajstić information content (AvgIpc) is 3.12. The summed E-state index contributed by atoms with van der Waals surface area (Å²) < 4.78 is 42.8. The predicted molar refractivity (Wildman–Crippen MR) is 145 cm³/mol. The van der Waals surface area contributed by atoms with Crippen LogP contribution < -0.4 is 15.7 Å². The fraction of sp³-hybridized carbons (Fsp3) is 0.500. The Morgan fingerprint density at radius 3 is 2.53 bits per heavy atom. The van der Waals surface area contributed by atoms with Crippen molar-refractivity contribution in [1.82, 2.24) is 19.4 Å². The Hall–Kier alpha value is -2.93. The average molecular weight is 551 g/mol. The summed E-state index contributed by atoms with van der Waals surface area (Å²) in [6.45, 7) is 8.74. The molecular formula is C26H35FN4O6S. The van der Waals surface area contributed by atoms with Crippen molar-refractivity contribution >= 4 is 27.5 Å². The molecule has 10 nitrogen and oxygen atoms in total. The van der Waals surface area contributed by atoms with Crippen LogP contribution in [0.15, 0.2) is 35.3 Å². The number of fused-ring (bicyclic) bond motifs is 1. The highest BCUT2D eigenvalue weighted by Crippen LogP contribution is 2.46. The van der Waals surface area contributed by atoms with Crippen molar-refractivity contribution in [3.05, 3.63) is 52.3 Å². The van der Waals surface area contributed by atoms with Crippen LogP contribution >= 0.6 is 10.6 Å². The number of nitrogens with zero attached hydrogens (tertiary/aromatic N) is 3. The van der Waals surface area contributed by atoms with Gasteiger partial charge in [-0.1, -0.05) is 0 Å². The maximum absolute atomic E-state index is 15.0. The summed E-state index contributed by atoms with van der Waals surface area (Å²) in [4.78, 5) is 30.9. The highest BCUT2D eigenvalue weighted by atomic mass is 32.3. The number of hydrogen-bond donors (Lipinski definition) is 4. The van der Waals surface area contributed by atoms with Gasteiger partial charge >= 0.3 is 5.69 Å². The molecule has 0 aliphatic carbocycles. The normalized spacial score (nSPS) is 18.7. The standard InChI is InChI=1S/C26H35FN4O6S/c1-6-37-22-14-20(18(27)15-28-22)31-19-8-7-17(13-21(19)30(24(31)33)16(2)25(3,4)34)23(32)29-26(5)9-11-38(35,36)12-10-26/h7-8,13-16,34-36H,6,9-12H2,1-5H3,(H,29,32). The van der Waals surface area contributed by atoms with E-state index in [2.05, 4.69) is 10.3 Å². The fourth-order valence-electron chi connectivity index (χ4n) is 4.57. The molecule has 3 aromatic rings. The number of carbonyl (C=O) groups excluding carboxylic acids is 1. The van der Waals surface area contributed by atoms with Crippen LogP contribution in [0.3, 0.4) is 0 Å². The maximum Gasteiger partial charge on any atom is 0.334 e. The third-order valence-corrected chi connectivity index (χ3v) is 8.98. The predicted octanol–water partition coefficient (Wildman–Crippen LogP) is 4.09. The van der Waals surface area contributed by atoms with Crippen LogP contribution in [0.25, 0.3) is 16.7 Å². The van der Waals surface area contributed by atoms with Crippen molar-refractivity contribution in [1.29, 1.82) is 0 Å². The Labute approximate surface area is 221 Å². The topological polar surface area (TPSA) is 139 Å². The van der Waals surface area contributed by atoms with E-state index in [1.165, 1.54) is 15.2 Å². The molecule has 1 aromatic carbocycles. The lowest BCUT2D eigenvalue weighted by Gasteiger charge is -2.44. The summed E-state index contributed by atoms with van der Waals surface area (Å²) in [6.07, 6.45) is 1.82. The summed E-state index contributed by atoms with van der Waals surface area (Å²) in [6, 6.07) is 5.28. The van der Waals surface area contributed by atoms with Gasteiger partial charge in [0.15, 0.2) is 5.82 Å². The Morgan fingerprint density at radius 1 is 1.26 bits per heavy atom. The van der Waals surface area contributed by atoms with E-state index >= 15 is 0 Å². The molecule has 0 saturated carbocycles. The molecule has 1 fully saturated rings. The van der Waals surface area contributed by atoms with Gasteiger partial charge in [0.2, 0.25) is 5.88 Å². The van der Waals surface area contributed by atoms with Crippen molar-refractivity contribution in [2.75, 3.05) is 18.1 Å². The number of carbonyl (C=O) groups is 1. The number of nitrogens with one attached hydrogen (secondary N) is 1. The van der Waals surface area contributed by atoms with E-state index in [4.69, 9.17) is 4.74 Å². The minimum atomic E-state index is -2.61. The number of halogens is 1. The zero-order valence-electron chi connectivity index (χ0n) is 22.2. The van der Waals surface area contributed by atoms with E-state index in [1.807, 2.05) is 6.92 Å². The first kappa shape index (κ1) is 28.1. The van der Waals surface area contributed by atoms with Gasteiger partial charge in [-0.2, -0.15) is 10.6 Å². The Balaban J connectivity index is 1.83. The van der Waals surface area contributed by atoms with Gasteiger partial charge < -0.3 is 15.2 Å².